The van der Waals surface area contributed by atoms with E-state index in [0.717, 1.165) is 11.4 Å². The minimum absolute atomic E-state index is 0.296. The molecule has 2 aromatic carbocycles. The smallest absolute Gasteiger partial charge is 0.278 e. The zero-order valence-electron chi connectivity index (χ0n) is 12.9. The van der Waals surface area contributed by atoms with Crippen LogP contribution in [0.3, 0.4) is 0 Å². The molecule has 6 heteroatoms. The molecular formula is C17H16N4O2. The van der Waals surface area contributed by atoms with E-state index in [-0.39, 0.29) is 5.91 Å². The number of nitrogens with one attached hydrogen (secondary N) is 1. The first-order valence-corrected chi connectivity index (χ1v) is 7.12. The average Bonchev–Trinajstić information content (AvgIpc) is 2.98. The van der Waals surface area contributed by atoms with Gasteiger partial charge in [0, 0.05) is 5.69 Å². The van der Waals surface area contributed by atoms with E-state index in [1.54, 1.807) is 36.1 Å². The van der Waals surface area contributed by atoms with Crippen LogP contribution in [0.2, 0.25) is 0 Å². The molecule has 0 fully saturated rings. The average molecular weight is 308 g/mol. The molecule has 0 unspecified atom stereocenters. The highest BCUT2D eigenvalue weighted by Gasteiger charge is 2.17. The molecule has 1 heterocycles. The zero-order valence-corrected chi connectivity index (χ0v) is 12.9. The van der Waals surface area contributed by atoms with Gasteiger partial charge < -0.3 is 10.1 Å². The number of anilines is 1. The van der Waals surface area contributed by atoms with Crippen molar-refractivity contribution in [2.45, 2.75) is 6.92 Å². The van der Waals surface area contributed by atoms with Gasteiger partial charge in [-0.1, -0.05) is 23.4 Å². The number of para-hydroxylation sites is 1. The zero-order chi connectivity index (χ0) is 16.2. The summed E-state index contributed by atoms with van der Waals surface area (Å²) in [5.41, 5.74) is 2.51. The molecule has 1 aromatic heterocycles. The number of benzene rings is 2. The van der Waals surface area contributed by atoms with Crippen molar-refractivity contribution in [3.63, 3.8) is 0 Å². The molecular weight excluding hydrogens is 292 g/mol. The second-order valence-electron chi connectivity index (χ2n) is 4.95. The summed E-state index contributed by atoms with van der Waals surface area (Å²) in [4.78, 5) is 12.4. The predicted octanol–water partition coefficient (Wildman–Crippen LogP) is 2.84. The molecule has 116 valence electrons. The van der Waals surface area contributed by atoms with Crippen molar-refractivity contribution in [1.29, 1.82) is 0 Å². The van der Waals surface area contributed by atoms with Crippen LogP contribution in [-0.2, 0) is 0 Å². The Bertz CT molecular complexity index is 810. The summed E-state index contributed by atoms with van der Waals surface area (Å²) in [6.07, 6.45) is 0. The van der Waals surface area contributed by atoms with E-state index in [1.807, 2.05) is 37.3 Å². The minimum atomic E-state index is -0.296. The Balaban J connectivity index is 1.81. The Morgan fingerprint density at radius 2 is 1.78 bits per heavy atom. The fourth-order valence-corrected chi connectivity index (χ4v) is 2.22. The van der Waals surface area contributed by atoms with Crippen molar-refractivity contribution in [2.24, 2.45) is 0 Å². The van der Waals surface area contributed by atoms with Crippen molar-refractivity contribution in [3.05, 3.63) is 66.0 Å². The van der Waals surface area contributed by atoms with Gasteiger partial charge in [0.15, 0.2) is 5.69 Å². The molecule has 0 saturated heterocycles. The van der Waals surface area contributed by atoms with E-state index < -0.39 is 0 Å². The summed E-state index contributed by atoms with van der Waals surface area (Å²) < 4.78 is 6.73. The van der Waals surface area contributed by atoms with E-state index in [0.29, 0.717) is 17.1 Å². The van der Waals surface area contributed by atoms with E-state index in [9.17, 15) is 4.79 Å². The van der Waals surface area contributed by atoms with Gasteiger partial charge in [-0.3, -0.25) is 4.79 Å². The Morgan fingerprint density at radius 1 is 1.09 bits per heavy atom. The molecule has 0 saturated carbocycles. The Hall–Kier alpha value is -3.15. The van der Waals surface area contributed by atoms with Crippen LogP contribution in [0.25, 0.3) is 5.69 Å². The lowest BCUT2D eigenvalue weighted by Gasteiger charge is -2.06. The van der Waals surface area contributed by atoms with Crippen LogP contribution in [0.15, 0.2) is 54.6 Å². The molecule has 0 spiro atoms. The third kappa shape index (κ3) is 3.06. The van der Waals surface area contributed by atoms with Gasteiger partial charge in [-0.15, -0.1) is 5.10 Å². The van der Waals surface area contributed by atoms with Gasteiger partial charge in [0.1, 0.15) is 5.75 Å². The van der Waals surface area contributed by atoms with Crippen LogP contribution in [0.5, 0.6) is 5.75 Å². The molecule has 0 aliphatic carbocycles. The van der Waals surface area contributed by atoms with Crippen molar-refractivity contribution in [1.82, 2.24) is 15.0 Å². The van der Waals surface area contributed by atoms with E-state index in [1.165, 1.54) is 0 Å². The highest BCUT2D eigenvalue weighted by molar-refractivity contribution is 6.03. The number of hydrogen-bond acceptors (Lipinski definition) is 4. The molecule has 0 aliphatic rings. The van der Waals surface area contributed by atoms with Gasteiger partial charge in [-0.25, -0.2) is 4.68 Å². The lowest BCUT2D eigenvalue weighted by molar-refractivity contribution is 0.102. The monoisotopic (exact) mass is 308 g/mol. The molecule has 0 aliphatic heterocycles. The third-order valence-corrected chi connectivity index (χ3v) is 3.46. The number of nitrogens with zero attached hydrogens (tertiary/aromatic N) is 3. The largest absolute Gasteiger partial charge is 0.497 e. The number of carbonyl (C=O) groups is 1. The number of carbonyl (C=O) groups excluding carboxylic acids is 1. The third-order valence-electron chi connectivity index (χ3n) is 3.46. The summed E-state index contributed by atoms with van der Waals surface area (Å²) in [5, 5.41) is 10.9. The number of methoxy groups -OCH3 is 1. The lowest BCUT2D eigenvalue weighted by atomic mass is 10.2. The van der Waals surface area contributed by atoms with E-state index >= 15 is 0 Å². The number of rotatable bonds is 4. The minimum Gasteiger partial charge on any atom is -0.497 e. The second-order valence-corrected chi connectivity index (χ2v) is 4.95. The van der Waals surface area contributed by atoms with Gasteiger partial charge in [-0.2, -0.15) is 0 Å². The molecule has 0 atom stereocenters. The first-order valence-electron chi connectivity index (χ1n) is 7.12. The molecule has 0 radical (unpaired) electrons. The SMILES string of the molecule is COc1ccc(NC(=O)c2nnn(-c3ccccc3)c2C)cc1. The fraction of sp³-hybridized carbons (Fsp3) is 0.118. The van der Waals surface area contributed by atoms with Crippen molar-refractivity contribution in [3.8, 4) is 11.4 Å². The quantitative estimate of drug-likeness (QED) is 0.804. The normalized spacial score (nSPS) is 10.3. The van der Waals surface area contributed by atoms with Crippen molar-refractivity contribution >= 4 is 11.6 Å². The first kappa shape index (κ1) is 14.8. The predicted molar refractivity (Wildman–Crippen MR) is 87.0 cm³/mol. The number of hydrogen-bond donors (Lipinski definition) is 1. The second kappa shape index (κ2) is 6.31. The maximum atomic E-state index is 12.4. The molecule has 6 nitrogen and oxygen atoms in total. The number of ether oxygens (including phenoxy) is 1. The summed E-state index contributed by atoms with van der Waals surface area (Å²) in [7, 11) is 1.60. The number of aromatic nitrogens is 3. The van der Waals surface area contributed by atoms with Crippen LogP contribution in [0.1, 0.15) is 16.2 Å². The lowest BCUT2D eigenvalue weighted by Crippen LogP contribution is -2.14. The maximum absolute atomic E-state index is 12.4. The molecule has 1 N–H and O–H groups in total. The van der Waals surface area contributed by atoms with E-state index in [2.05, 4.69) is 15.6 Å². The van der Waals surface area contributed by atoms with Crippen LogP contribution in [0.4, 0.5) is 5.69 Å². The molecule has 0 bridgehead atoms. The van der Waals surface area contributed by atoms with Gasteiger partial charge >= 0.3 is 0 Å². The molecule has 1 amide bonds. The first-order chi connectivity index (χ1) is 11.2. The summed E-state index contributed by atoms with van der Waals surface area (Å²) in [5.74, 6) is 0.434. The Kier molecular flexibility index (Phi) is 4.05. The van der Waals surface area contributed by atoms with Crippen molar-refractivity contribution < 1.29 is 9.53 Å². The van der Waals surface area contributed by atoms with Crippen LogP contribution < -0.4 is 10.1 Å². The number of amides is 1. The molecule has 23 heavy (non-hydrogen) atoms. The fourth-order valence-electron chi connectivity index (χ4n) is 2.22. The van der Waals surface area contributed by atoms with Gasteiger partial charge in [0.2, 0.25) is 0 Å². The summed E-state index contributed by atoms with van der Waals surface area (Å²) in [6.45, 7) is 1.82. The topological polar surface area (TPSA) is 69.0 Å². The molecule has 3 aromatic rings. The standard InChI is InChI=1S/C17H16N4O2/c1-12-16(19-20-21(12)14-6-4-3-5-7-14)17(22)18-13-8-10-15(23-2)11-9-13/h3-11H,1-2H3,(H,18,22). The Morgan fingerprint density at radius 3 is 2.43 bits per heavy atom. The van der Waals surface area contributed by atoms with Crippen LogP contribution >= 0.6 is 0 Å². The summed E-state index contributed by atoms with van der Waals surface area (Å²) in [6, 6.07) is 16.7. The van der Waals surface area contributed by atoms with Gasteiger partial charge in [0.25, 0.3) is 5.91 Å². The molecule has 3 rings (SSSR count). The summed E-state index contributed by atoms with van der Waals surface area (Å²) >= 11 is 0. The highest BCUT2D eigenvalue weighted by atomic mass is 16.5. The van der Waals surface area contributed by atoms with Gasteiger partial charge in [0.05, 0.1) is 18.5 Å². The maximum Gasteiger partial charge on any atom is 0.278 e. The van der Waals surface area contributed by atoms with E-state index in [4.69, 9.17) is 4.74 Å². The Labute approximate surface area is 133 Å². The van der Waals surface area contributed by atoms with Crippen LogP contribution in [0, 0.1) is 6.92 Å². The van der Waals surface area contributed by atoms with Crippen molar-refractivity contribution in [2.75, 3.05) is 12.4 Å². The van der Waals surface area contributed by atoms with Gasteiger partial charge in [-0.05, 0) is 43.3 Å². The highest BCUT2D eigenvalue weighted by Crippen LogP contribution is 2.17. The van der Waals surface area contributed by atoms with Crippen LogP contribution in [-0.4, -0.2) is 28.0 Å².